The van der Waals surface area contributed by atoms with Gasteiger partial charge in [0.2, 0.25) is 0 Å². The van der Waals surface area contributed by atoms with Crippen LogP contribution in [0.5, 0.6) is 5.75 Å². The number of H-pyrrole nitrogens is 1. The molecule has 0 radical (unpaired) electrons. The normalized spacial score (nSPS) is 23.7. The number of nitrogens with zero attached hydrogens (tertiary/aromatic N) is 2. The number of aromatic amines is 1. The fraction of sp³-hybridized carbons (Fsp3) is 0.500. The van der Waals surface area contributed by atoms with Crippen LogP contribution in [0.2, 0.25) is 0 Å². The summed E-state index contributed by atoms with van der Waals surface area (Å²) < 4.78 is 12.7. The van der Waals surface area contributed by atoms with E-state index >= 15 is 0 Å². The smallest absolute Gasteiger partial charge is 0.341 e. The Balaban J connectivity index is 1.47. The molecule has 0 aliphatic carbocycles. The number of aliphatic carboxylic acids is 1. The zero-order valence-electron chi connectivity index (χ0n) is 19.7. The lowest BCUT2D eigenvalue weighted by Gasteiger charge is -2.51. The molecule has 1 amide bonds. The molecule has 2 saturated heterocycles. The Hall–Kier alpha value is -3.44. The Kier molecular flexibility index (Phi) is 6.56. The summed E-state index contributed by atoms with van der Waals surface area (Å²) >= 11 is 0. The van der Waals surface area contributed by atoms with Gasteiger partial charge in [-0.25, -0.2) is 9.59 Å². The maximum atomic E-state index is 13.1. The summed E-state index contributed by atoms with van der Waals surface area (Å²) in [5.41, 5.74) is -2.22. The van der Waals surface area contributed by atoms with E-state index < -0.39 is 41.1 Å². The molecule has 3 N–H and O–H groups in total. The molecule has 2 aliphatic rings. The summed E-state index contributed by atoms with van der Waals surface area (Å²) in [7, 11) is 0. The Morgan fingerprint density at radius 1 is 1.26 bits per heavy atom. The predicted octanol–water partition coefficient (Wildman–Crippen LogP) is 0.696. The van der Waals surface area contributed by atoms with Gasteiger partial charge in [-0.05, 0) is 44.9 Å². The first-order valence-corrected chi connectivity index (χ1v) is 11.4. The van der Waals surface area contributed by atoms with Crippen molar-refractivity contribution in [2.24, 2.45) is 0 Å². The van der Waals surface area contributed by atoms with Crippen LogP contribution in [0.25, 0.3) is 0 Å². The molecule has 1 aromatic carbocycles. The number of carboxylic acid groups (broad SMARTS) is 1. The van der Waals surface area contributed by atoms with Crippen LogP contribution in [0, 0.1) is 6.92 Å². The van der Waals surface area contributed by atoms with E-state index in [-0.39, 0.29) is 12.5 Å². The summed E-state index contributed by atoms with van der Waals surface area (Å²) in [6, 6.07) is 5.79. The Bertz CT molecular complexity index is 1240. The molecule has 0 bridgehead atoms. The molecule has 188 valence electrons. The molecule has 1 aromatic heterocycles. The monoisotopic (exact) mass is 487 g/mol. The number of piperidine rings is 1. The molecule has 2 aliphatic heterocycles. The Labute approximate surface area is 200 Å². The van der Waals surface area contributed by atoms with Crippen molar-refractivity contribution in [2.75, 3.05) is 26.3 Å². The molecule has 1 spiro atoms. The predicted molar refractivity (Wildman–Crippen MR) is 124 cm³/mol. The van der Waals surface area contributed by atoms with Crippen molar-refractivity contribution >= 4 is 11.9 Å². The third-order valence-corrected chi connectivity index (χ3v) is 6.84. The molecule has 0 saturated carbocycles. The van der Waals surface area contributed by atoms with Crippen LogP contribution in [0.4, 0.5) is 0 Å². The molecule has 2 atom stereocenters. The van der Waals surface area contributed by atoms with Crippen LogP contribution in [0.3, 0.4) is 0 Å². The number of nitrogens with one attached hydrogen (secondary N) is 1. The van der Waals surface area contributed by atoms with Crippen molar-refractivity contribution in [2.45, 2.75) is 50.4 Å². The average molecular weight is 488 g/mol. The highest BCUT2D eigenvalue weighted by atomic mass is 16.5. The first-order valence-electron chi connectivity index (χ1n) is 11.4. The zero-order chi connectivity index (χ0) is 25.4. The topological polar surface area (TPSA) is 151 Å². The molecular formula is C24H29N3O8. The SMILES string of the molecule is Cc1cn([C@H]2CC3(CCN(C(=O)c4cccc(OCC(=O)O)c4)CC3)OC[C@]2(C)O)c(=O)[nH]c1=O. The van der Waals surface area contributed by atoms with Crippen LogP contribution in [-0.2, 0) is 9.53 Å². The lowest BCUT2D eigenvalue weighted by Crippen LogP contribution is -2.59. The summed E-state index contributed by atoms with van der Waals surface area (Å²) in [6.45, 7) is 3.55. The summed E-state index contributed by atoms with van der Waals surface area (Å²) in [5.74, 6) is -1.01. The lowest BCUT2D eigenvalue weighted by atomic mass is 9.77. The largest absolute Gasteiger partial charge is 0.482 e. The number of carbonyl (C=O) groups is 2. The molecule has 0 unspecified atom stereocenters. The number of carbonyl (C=O) groups excluding carboxylic acids is 1. The highest BCUT2D eigenvalue weighted by Crippen LogP contribution is 2.43. The maximum Gasteiger partial charge on any atom is 0.341 e. The van der Waals surface area contributed by atoms with Gasteiger partial charge >= 0.3 is 11.7 Å². The number of benzene rings is 1. The van der Waals surface area contributed by atoms with Gasteiger partial charge in [0, 0.05) is 36.8 Å². The first kappa shape index (κ1) is 24.7. The van der Waals surface area contributed by atoms with Gasteiger partial charge in [-0.3, -0.25) is 19.1 Å². The van der Waals surface area contributed by atoms with Crippen molar-refractivity contribution < 1.29 is 29.3 Å². The third kappa shape index (κ3) is 5.15. The average Bonchev–Trinajstić information content (AvgIpc) is 2.82. The van der Waals surface area contributed by atoms with Crippen molar-refractivity contribution in [3.05, 3.63) is 62.4 Å². The number of rotatable bonds is 5. The third-order valence-electron chi connectivity index (χ3n) is 6.84. The molecule has 4 rings (SSSR count). The number of aryl methyl sites for hydroxylation is 1. The molecule has 11 heteroatoms. The molecule has 11 nitrogen and oxygen atoms in total. The quantitative estimate of drug-likeness (QED) is 0.557. The van der Waals surface area contributed by atoms with Crippen LogP contribution >= 0.6 is 0 Å². The number of aliphatic hydroxyl groups is 1. The van der Waals surface area contributed by atoms with Crippen molar-refractivity contribution in [3.63, 3.8) is 0 Å². The number of amides is 1. The summed E-state index contributed by atoms with van der Waals surface area (Å²) in [4.78, 5) is 52.1. The molecular weight excluding hydrogens is 458 g/mol. The number of ether oxygens (including phenoxy) is 2. The van der Waals surface area contributed by atoms with E-state index in [4.69, 9.17) is 14.6 Å². The van der Waals surface area contributed by atoms with Crippen LogP contribution in [0.1, 0.15) is 48.1 Å². The van der Waals surface area contributed by atoms with Crippen LogP contribution < -0.4 is 16.0 Å². The minimum Gasteiger partial charge on any atom is -0.482 e. The Morgan fingerprint density at radius 2 is 1.97 bits per heavy atom. The second kappa shape index (κ2) is 9.31. The van der Waals surface area contributed by atoms with E-state index in [2.05, 4.69) is 4.98 Å². The van der Waals surface area contributed by atoms with Gasteiger partial charge in [0.05, 0.1) is 18.2 Å². The van der Waals surface area contributed by atoms with Gasteiger partial charge in [-0.1, -0.05) is 6.07 Å². The lowest BCUT2D eigenvalue weighted by molar-refractivity contribution is -0.199. The van der Waals surface area contributed by atoms with Gasteiger partial charge in [-0.15, -0.1) is 0 Å². The van der Waals surface area contributed by atoms with Gasteiger partial charge in [0.25, 0.3) is 11.5 Å². The highest BCUT2D eigenvalue weighted by molar-refractivity contribution is 5.94. The number of aromatic nitrogens is 2. The minimum atomic E-state index is -1.32. The molecule has 2 aromatic rings. The van der Waals surface area contributed by atoms with E-state index in [1.54, 1.807) is 36.9 Å². The van der Waals surface area contributed by atoms with Gasteiger partial charge in [0.15, 0.2) is 6.61 Å². The first-order chi connectivity index (χ1) is 16.5. The number of hydrogen-bond acceptors (Lipinski definition) is 7. The number of carboxylic acids is 1. The van der Waals surface area contributed by atoms with E-state index in [0.717, 1.165) is 0 Å². The fourth-order valence-corrected chi connectivity index (χ4v) is 4.75. The summed E-state index contributed by atoms with van der Waals surface area (Å²) in [6.07, 6.45) is 2.85. The number of likely N-dealkylation sites (tertiary alicyclic amines) is 1. The minimum absolute atomic E-state index is 0.0131. The van der Waals surface area contributed by atoms with Gasteiger partial charge < -0.3 is 24.6 Å². The molecule has 35 heavy (non-hydrogen) atoms. The van der Waals surface area contributed by atoms with E-state index in [9.17, 15) is 24.3 Å². The molecule has 3 heterocycles. The van der Waals surface area contributed by atoms with Crippen molar-refractivity contribution in [1.82, 2.24) is 14.5 Å². The van der Waals surface area contributed by atoms with E-state index in [0.29, 0.717) is 49.2 Å². The van der Waals surface area contributed by atoms with Crippen LogP contribution in [-0.4, -0.2) is 74.0 Å². The fourth-order valence-electron chi connectivity index (χ4n) is 4.75. The second-order valence-electron chi connectivity index (χ2n) is 9.53. The Morgan fingerprint density at radius 3 is 2.66 bits per heavy atom. The molecule has 2 fully saturated rings. The zero-order valence-corrected chi connectivity index (χ0v) is 19.7. The van der Waals surface area contributed by atoms with Gasteiger partial charge in [-0.2, -0.15) is 0 Å². The second-order valence-corrected chi connectivity index (χ2v) is 9.53. The standard InChI is InChI=1S/C24H29N3O8/c1-15-12-27(22(32)25-20(15)30)18-11-24(35-14-23(18,2)33)6-8-26(9-7-24)21(31)16-4-3-5-17(10-16)34-13-19(28)29/h3-5,10,12,18,33H,6-9,11,13-14H2,1-2H3,(H,28,29)(H,25,30,32)/t18-,23-/m0/s1. The number of hydrogen-bond donors (Lipinski definition) is 3. The highest BCUT2D eigenvalue weighted by Gasteiger charge is 2.49. The van der Waals surface area contributed by atoms with Crippen molar-refractivity contribution in [1.29, 1.82) is 0 Å². The van der Waals surface area contributed by atoms with E-state index in [1.165, 1.54) is 16.8 Å². The van der Waals surface area contributed by atoms with Crippen LogP contribution in [0.15, 0.2) is 40.1 Å². The van der Waals surface area contributed by atoms with E-state index in [1.807, 2.05) is 0 Å². The summed E-state index contributed by atoms with van der Waals surface area (Å²) in [5, 5.41) is 19.8. The van der Waals surface area contributed by atoms with Gasteiger partial charge in [0.1, 0.15) is 11.4 Å². The van der Waals surface area contributed by atoms with Crippen molar-refractivity contribution in [3.8, 4) is 5.75 Å². The maximum absolute atomic E-state index is 13.1.